The number of rotatable bonds is 3. The van der Waals surface area contributed by atoms with E-state index < -0.39 is 0 Å². The summed E-state index contributed by atoms with van der Waals surface area (Å²) in [5.41, 5.74) is 8.44. The minimum Gasteiger partial charge on any atom is -0.351 e. The number of amides is 1. The van der Waals surface area contributed by atoms with Crippen LogP contribution in [0, 0.1) is 5.92 Å². The number of carbonyl (C=O) groups is 1. The second-order valence-electron chi connectivity index (χ2n) is 5.80. The van der Waals surface area contributed by atoms with E-state index in [-0.39, 0.29) is 11.9 Å². The van der Waals surface area contributed by atoms with Crippen molar-refractivity contribution in [3.05, 3.63) is 48.2 Å². The summed E-state index contributed by atoms with van der Waals surface area (Å²) in [4.78, 5) is 17.8. The fraction of sp³-hybridized carbons (Fsp3) is 0.353. The summed E-state index contributed by atoms with van der Waals surface area (Å²) in [6, 6.07) is 14.1. The number of nitrogens with two attached hydrogens (primary N) is 1. The van der Waals surface area contributed by atoms with Crippen molar-refractivity contribution in [3.8, 4) is 11.3 Å². The molecule has 0 bridgehead atoms. The number of likely N-dealkylation sites (tertiary alicyclic amines) is 1. The van der Waals surface area contributed by atoms with Gasteiger partial charge in [-0.15, -0.1) is 0 Å². The molecule has 1 aromatic heterocycles. The first-order valence-electron chi connectivity index (χ1n) is 7.44. The third-order valence-electron chi connectivity index (χ3n) is 4.26. The second kappa shape index (κ2) is 5.74. The molecule has 1 aromatic carbocycles. The highest BCUT2D eigenvalue weighted by Gasteiger charge is 2.32. The average Bonchev–Trinajstić information content (AvgIpc) is 3.14. The van der Waals surface area contributed by atoms with Crippen molar-refractivity contribution in [2.24, 2.45) is 11.7 Å². The van der Waals surface area contributed by atoms with Crippen LogP contribution < -0.4 is 5.73 Å². The van der Waals surface area contributed by atoms with Crippen molar-refractivity contribution >= 4 is 5.91 Å². The molecular formula is C17H21N3O. The molecule has 4 heteroatoms. The van der Waals surface area contributed by atoms with E-state index in [2.05, 4.69) is 11.9 Å². The summed E-state index contributed by atoms with van der Waals surface area (Å²) in [5, 5.41) is 0. The molecule has 0 radical (unpaired) electrons. The van der Waals surface area contributed by atoms with Gasteiger partial charge in [-0.3, -0.25) is 4.79 Å². The minimum atomic E-state index is 0.0700. The van der Waals surface area contributed by atoms with E-state index in [9.17, 15) is 4.79 Å². The summed E-state index contributed by atoms with van der Waals surface area (Å²) in [6.07, 6.45) is 0.995. The van der Waals surface area contributed by atoms with E-state index in [1.165, 1.54) is 0 Å². The van der Waals surface area contributed by atoms with Crippen molar-refractivity contribution < 1.29 is 4.79 Å². The maximum Gasteiger partial charge on any atom is 0.270 e. The predicted molar refractivity (Wildman–Crippen MR) is 83.9 cm³/mol. The fourth-order valence-electron chi connectivity index (χ4n) is 3.06. The largest absolute Gasteiger partial charge is 0.351 e. The first-order valence-corrected chi connectivity index (χ1v) is 7.44. The van der Waals surface area contributed by atoms with Crippen LogP contribution >= 0.6 is 0 Å². The normalized spacial score (nSPS) is 21.7. The number of carbonyl (C=O) groups excluding carboxylic acids is 1. The van der Waals surface area contributed by atoms with Crippen molar-refractivity contribution in [3.63, 3.8) is 0 Å². The van der Waals surface area contributed by atoms with E-state index in [0.29, 0.717) is 18.2 Å². The molecule has 2 aromatic rings. The predicted octanol–water partition coefficient (Wildman–Crippen LogP) is 2.49. The van der Waals surface area contributed by atoms with Crippen molar-refractivity contribution in [1.29, 1.82) is 0 Å². The zero-order chi connectivity index (χ0) is 14.8. The van der Waals surface area contributed by atoms with Gasteiger partial charge in [0.25, 0.3) is 5.91 Å². The van der Waals surface area contributed by atoms with Gasteiger partial charge < -0.3 is 15.6 Å². The first-order chi connectivity index (χ1) is 10.2. The standard InChI is InChI=1S/C17H21N3O/c1-12-9-13(10-18)11-20(12)17(21)16-8-7-15(19-16)14-5-3-2-4-6-14/h2-8,12-13,19H,9-11,18H2,1H3. The summed E-state index contributed by atoms with van der Waals surface area (Å²) < 4.78 is 0. The number of nitrogens with one attached hydrogen (secondary N) is 1. The third kappa shape index (κ3) is 2.72. The Hall–Kier alpha value is -2.07. The Labute approximate surface area is 125 Å². The van der Waals surface area contributed by atoms with Gasteiger partial charge in [-0.25, -0.2) is 0 Å². The van der Waals surface area contributed by atoms with Gasteiger partial charge in [-0.1, -0.05) is 30.3 Å². The zero-order valence-corrected chi connectivity index (χ0v) is 12.3. The van der Waals surface area contributed by atoms with E-state index >= 15 is 0 Å². The fourth-order valence-corrected chi connectivity index (χ4v) is 3.06. The lowest BCUT2D eigenvalue weighted by Gasteiger charge is -2.20. The molecule has 1 fully saturated rings. The lowest BCUT2D eigenvalue weighted by molar-refractivity contribution is 0.0738. The van der Waals surface area contributed by atoms with E-state index in [4.69, 9.17) is 5.73 Å². The Bertz CT molecular complexity index is 620. The maximum absolute atomic E-state index is 12.6. The molecular weight excluding hydrogens is 262 g/mol. The van der Waals surface area contributed by atoms with E-state index in [0.717, 1.165) is 24.2 Å². The molecule has 0 spiro atoms. The second-order valence-corrected chi connectivity index (χ2v) is 5.80. The molecule has 0 aliphatic carbocycles. The number of aromatic amines is 1. The Kier molecular flexibility index (Phi) is 3.80. The van der Waals surface area contributed by atoms with Crippen LogP contribution in [-0.4, -0.2) is 34.9 Å². The van der Waals surface area contributed by atoms with E-state index in [1.54, 1.807) is 0 Å². The van der Waals surface area contributed by atoms with Gasteiger partial charge in [-0.2, -0.15) is 0 Å². The highest BCUT2D eigenvalue weighted by Crippen LogP contribution is 2.25. The van der Waals surface area contributed by atoms with Crippen LogP contribution in [0.25, 0.3) is 11.3 Å². The van der Waals surface area contributed by atoms with Gasteiger partial charge in [0.2, 0.25) is 0 Å². The number of hydrogen-bond acceptors (Lipinski definition) is 2. The first kappa shape index (κ1) is 13.9. The highest BCUT2D eigenvalue weighted by atomic mass is 16.2. The van der Waals surface area contributed by atoms with Gasteiger partial charge in [0.05, 0.1) is 0 Å². The van der Waals surface area contributed by atoms with Crippen LogP contribution in [0.2, 0.25) is 0 Å². The van der Waals surface area contributed by atoms with Crippen LogP contribution in [0.4, 0.5) is 0 Å². The molecule has 0 saturated carbocycles. The molecule has 1 saturated heterocycles. The summed E-state index contributed by atoms with van der Waals surface area (Å²) in [6.45, 7) is 3.50. The Morgan fingerprint density at radius 3 is 2.71 bits per heavy atom. The number of aromatic nitrogens is 1. The zero-order valence-electron chi connectivity index (χ0n) is 12.3. The smallest absolute Gasteiger partial charge is 0.270 e. The van der Waals surface area contributed by atoms with Gasteiger partial charge in [0.15, 0.2) is 0 Å². The molecule has 1 amide bonds. The lowest BCUT2D eigenvalue weighted by atomic mass is 10.1. The number of nitrogens with zero attached hydrogens (tertiary/aromatic N) is 1. The Morgan fingerprint density at radius 2 is 2.05 bits per heavy atom. The van der Waals surface area contributed by atoms with E-state index in [1.807, 2.05) is 47.4 Å². The third-order valence-corrected chi connectivity index (χ3v) is 4.26. The Balaban J connectivity index is 1.79. The molecule has 3 N–H and O–H groups in total. The number of benzene rings is 1. The maximum atomic E-state index is 12.6. The molecule has 4 nitrogen and oxygen atoms in total. The average molecular weight is 283 g/mol. The summed E-state index contributed by atoms with van der Waals surface area (Å²) in [7, 11) is 0. The van der Waals surface area contributed by atoms with Crippen LogP contribution in [0.3, 0.4) is 0 Å². The van der Waals surface area contributed by atoms with Gasteiger partial charge in [0.1, 0.15) is 5.69 Å². The SMILES string of the molecule is CC1CC(CN)CN1C(=O)c1ccc(-c2ccccc2)[nH]1. The molecule has 21 heavy (non-hydrogen) atoms. The quantitative estimate of drug-likeness (QED) is 0.909. The van der Waals surface area contributed by atoms with Crippen LogP contribution in [0.1, 0.15) is 23.8 Å². The van der Waals surface area contributed by atoms with Crippen LogP contribution in [0.15, 0.2) is 42.5 Å². The molecule has 2 atom stereocenters. The summed E-state index contributed by atoms with van der Waals surface area (Å²) in [5.74, 6) is 0.494. The van der Waals surface area contributed by atoms with Crippen LogP contribution in [0.5, 0.6) is 0 Å². The molecule has 2 unspecified atom stereocenters. The number of hydrogen-bond donors (Lipinski definition) is 2. The highest BCUT2D eigenvalue weighted by molar-refractivity contribution is 5.93. The number of H-pyrrole nitrogens is 1. The molecule has 2 heterocycles. The van der Waals surface area contributed by atoms with Gasteiger partial charge in [-0.05, 0) is 43.5 Å². The molecule has 1 aliphatic heterocycles. The van der Waals surface area contributed by atoms with Crippen molar-refractivity contribution in [1.82, 2.24) is 9.88 Å². The Morgan fingerprint density at radius 1 is 1.29 bits per heavy atom. The van der Waals surface area contributed by atoms with Crippen molar-refractivity contribution in [2.45, 2.75) is 19.4 Å². The van der Waals surface area contributed by atoms with Gasteiger partial charge in [0, 0.05) is 18.3 Å². The van der Waals surface area contributed by atoms with Crippen molar-refractivity contribution in [2.75, 3.05) is 13.1 Å². The lowest BCUT2D eigenvalue weighted by Crippen LogP contribution is -2.34. The van der Waals surface area contributed by atoms with Gasteiger partial charge >= 0.3 is 0 Å². The molecule has 3 rings (SSSR count). The topological polar surface area (TPSA) is 62.1 Å². The molecule has 1 aliphatic rings. The summed E-state index contributed by atoms with van der Waals surface area (Å²) >= 11 is 0. The minimum absolute atomic E-state index is 0.0700. The van der Waals surface area contributed by atoms with Crippen LogP contribution in [-0.2, 0) is 0 Å². The molecule has 110 valence electrons. The monoisotopic (exact) mass is 283 g/mol.